The van der Waals surface area contributed by atoms with Gasteiger partial charge in [0, 0.05) is 52.1 Å². The molecule has 0 aliphatic carbocycles. The average molecular weight is 1110 g/mol. The number of allylic oxidation sites excluding steroid dienone is 1. The van der Waals surface area contributed by atoms with Gasteiger partial charge in [0.15, 0.2) is 11.5 Å². The summed E-state index contributed by atoms with van der Waals surface area (Å²) in [6.45, 7) is 20.5. The molecule has 0 spiro atoms. The van der Waals surface area contributed by atoms with Crippen LogP contribution in [0.15, 0.2) is 41.2 Å². The highest BCUT2D eigenvalue weighted by molar-refractivity contribution is 5.97. The Labute approximate surface area is 471 Å². The van der Waals surface area contributed by atoms with Gasteiger partial charge in [-0.25, -0.2) is 14.4 Å². The number of alkyl carbamates (subject to hydrolysis) is 1. The molecule has 0 unspecified atom stereocenters. The maximum absolute atomic E-state index is 13.6. The fraction of sp³-hybridized carbons (Fsp3) is 0.717. The number of nitrogens with zero attached hydrogens (tertiary/aromatic N) is 6. The van der Waals surface area contributed by atoms with Gasteiger partial charge in [-0.1, -0.05) is 95.9 Å². The van der Waals surface area contributed by atoms with Crippen molar-refractivity contribution in [3.8, 4) is 6.01 Å². The maximum atomic E-state index is 13.6. The largest absolute Gasteiger partial charge is 0.465 e. The first-order valence-corrected chi connectivity index (χ1v) is 29.9. The van der Waals surface area contributed by atoms with E-state index in [4.69, 9.17) is 23.7 Å². The van der Waals surface area contributed by atoms with E-state index in [1.807, 2.05) is 45.0 Å². The first-order chi connectivity index (χ1) is 38.3. The first kappa shape index (κ1) is 66.1. The molecule has 4 rings (SSSR count). The van der Waals surface area contributed by atoms with Gasteiger partial charge in [-0.15, -0.1) is 0 Å². The third-order valence-corrected chi connectivity index (χ3v) is 13.8. The van der Waals surface area contributed by atoms with Gasteiger partial charge in [0.1, 0.15) is 17.7 Å². The summed E-state index contributed by atoms with van der Waals surface area (Å²) in [5.74, 6) is -0.492. The number of rotatable bonds is 42. The SMILES string of the molecule is CCCCCC/C=C/COC(=O)CCCCCCCCN(CCCCCC(=O)Nc1nc(OCCCC)nc2c1[nH]c(=O)n2CCCN(CCCN1CCOCC1)Cc1cccc(C(=O)OC)c1)CCCNC(=O)OC(C)(C)C. The Morgan fingerprint density at radius 1 is 0.772 bits per heavy atom. The molecule has 1 aromatic carbocycles. The van der Waals surface area contributed by atoms with Crippen LogP contribution >= 0.6 is 0 Å². The zero-order valence-corrected chi connectivity index (χ0v) is 49.2. The van der Waals surface area contributed by atoms with Gasteiger partial charge in [-0.3, -0.25) is 24.0 Å². The summed E-state index contributed by atoms with van der Waals surface area (Å²) in [5.41, 5.74) is 1.33. The van der Waals surface area contributed by atoms with Crippen molar-refractivity contribution in [1.29, 1.82) is 0 Å². The van der Waals surface area contributed by atoms with Gasteiger partial charge in [-0.05, 0) is 135 Å². The van der Waals surface area contributed by atoms with E-state index in [1.54, 1.807) is 10.6 Å². The van der Waals surface area contributed by atoms with E-state index in [0.29, 0.717) is 75.4 Å². The van der Waals surface area contributed by atoms with E-state index >= 15 is 0 Å². The first-order valence-electron chi connectivity index (χ1n) is 29.9. The number of morpholine rings is 1. The molecule has 0 radical (unpaired) electrons. The third-order valence-electron chi connectivity index (χ3n) is 13.8. The highest BCUT2D eigenvalue weighted by Crippen LogP contribution is 2.22. The molecule has 3 heterocycles. The zero-order valence-electron chi connectivity index (χ0n) is 49.2. The van der Waals surface area contributed by atoms with E-state index < -0.39 is 11.7 Å². The summed E-state index contributed by atoms with van der Waals surface area (Å²) < 4.78 is 28.9. The van der Waals surface area contributed by atoms with Gasteiger partial charge in [0.05, 0.1) is 32.5 Å². The molecular weight excluding hydrogens is 1010 g/mol. The molecule has 0 atom stereocenters. The fourth-order valence-electron chi connectivity index (χ4n) is 9.45. The van der Waals surface area contributed by atoms with E-state index in [-0.39, 0.29) is 41.8 Å². The molecule has 19 heteroatoms. The second-order valence-electron chi connectivity index (χ2n) is 21.8. The van der Waals surface area contributed by atoms with Crippen LogP contribution in [0.1, 0.15) is 185 Å². The Morgan fingerprint density at radius 3 is 2.18 bits per heavy atom. The van der Waals surface area contributed by atoms with Crippen LogP contribution in [0.2, 0.25) is 0 Å². The number of H-pyrrole nitrogens is 1. The van der Waals surface area contributed by atoms with Crippen LogP contribution in [-0.2, 0) is 41.6 Å². The maximum Gasteiger partial charge on any atom is 0.407 e. The minimum absolute atomic E-state index is 0.102. The molecule has 2 amide bonds. The average Bonchev–Trinajstić information content (AvgIpc) is 3.94. The Bertz CT molecular complexity index is 2290. The lowest BCUT2D eigenvalue weighted by atomic mass is 10.1. The van der Waals surface area contributed by atoms with Crippen molar-refractivity contribution in [2.75, 3.05) is 97.8 Å². The Balaban J connectivity index is 1.28. The van der Waals surface area contributed by atoms with Crippen LogP contribution in [0.3, 0.4) is 0 Å². The Morgan fingerprint density at radius 2 is 1.44 bits per heavy atom. The molecular formula is C60H99N9O10. The number of amides is 2. The molecule has 0 bridgehead atoms. The van der Waals surface area contributed by atoms with Crippen molar-refractivity contribution in [2.24, 2.45) is 0 Å². The second kappa shape index (κ2) is 39.1. The number of anilines is 1. The summed E-state index contributed by atoms with van der Waals surface area (Å²) in [5, 5.41) is 5.85. The van der Waals surface area contributed by atoms with Crippen LogP contribution in [0.5, 0.6) is 6.01 Å². The van der Waals surface area contributed by atoms with E-state index in [1.165, 1.54) is 32.8 Å². The molecule has 19 nitrogen and oxygen atoms in total. The summed E-state index contributed by atoms with van der Waals surface area (Å²) in [4.78, 5) is 83.4. The number of aryl methyl sites for hydroxylation is 1. The molecule has 3 aromatic rings. The van der Waals surface area contributed by atoms with Crippen molar-refractivity contribution in [3.63, 3.8) is 0 Å². The number of esters is 2. The number of fused-ring (bicyclic) bond motifs is 1. The molecule has 444 valence electrons. The lowest BCUT2D eigenvalue weighted by molar-refractivity contribution is -0.142. The van der Waals surface area contributed by atoms with Crippen LogP contribution in [0, 0.1) is 0 Å². The molecule has 1 saturated heterocycles. The van der Waals surface area contributed by atoms with Crippen LogP contribution in [0.25, 0.3) is 11.2 Å². The molecule has 79 heavy (non-hydrogen) atoms. The number of unbranched alkanes of at least 4 members (excludes halogenated alkanes) is 12. The predicted molar refractivity (Wildman–Crippen MR) is 312 cm³/mol. The number of aromatic nitrogens is 4. The Hall–Kier alpha value is -5.37. The lowest BCUT2D eigenvalue weighted by Crippen LogP contribution is -2.38. The smallest absolute Gasteiger partial charge is 0.407 e. The Kier molecular flexibility index (Phi) is 32.7. The normalized spacial score (nSPS) is 13.2. The quantitative estimate of drug-likeness (QED) is 0.0208. The number of carbonyl (C=O) groups excluding carboxylic acids is 4. The van der Waals surface area contributed by atoms with Crippen molar-refractivity contribution < 1.29 is 42.9 Å². The number of hydrogen-bond donors (Lipinski definition) is 3. The van der Waals surface area contributed by atoms with Crippen molar-refractivity contribution in [1.82, 2.24) is 39.5 Å². The van der Waals surface area contributed by atoms with Gasteiger partial charge in [0.2, 0.25) is 5.91 Å². The highest BCUT2D eigenvalue weighted by Gasteiger charge is 2.20. The van der Waals surface area contributed by atoms with Gasteiger partial charge >= 0.3 is 29.7 Å². The molecule has 0 saturated carbocycles. The predicted octanol–water partition coefficient (Wildman–Crippen LogP) is 10.2. The number of aromatic amines is 1. The molecule has 1 aliphatic heterocycles. The number of carbonyl (C=O) groups is 4. The van der Waals surface area contributed by atoms with Crippen LogP contribution in [-0.4, -0.2) is 156 Å². The molecule has 1 fully saturated rings. The second-order valence-corrected chi connectivity index (χ2v) is 21.8. The van der Waals surface area contributed by atoms with Crippen LogP contribution < -0.4 is 21.1 Å². The lowest BCUT2D eigenvalue weighted by Gasteiger charge is -2.28. The summed E-state index contributed by atoms with van der Waals surface area (Å²) >= 11 is 0. The monoisotopic (exact) mass is 1110 g/mol. The minimum atomic E-state index is -0.558. The highest BCUT2D eigenvalue weighted by atomic mass is 16.6. The van der Waals surface area contributed by atoms with E-state index in [2.05, 4.69) is 60.2 Å². The number of benzene rings is 1. The summed E-state index contributed by atoms with van der Waals surface area (Å²) in [7, 11) is 1.38. The zero-order chi connectivity index (χ0) is 56.9. The standard InChI is InChI=1S/C60H99N9O10/c1-7-9-11-12-15-18-24-44-77-52(71)32-21-16-13-14-17-22-34-66(36-26-33-61-59(74)79-60(3,4)5)35-23-19-20-31-51(70)62-54-53-55(65-57(64-54)78-43-10-8-2)69(58(73)63-53)40-28-39-68(38-27-37-67-41-45-76-46-42-67)48-49-29-25-30-50(47-49)56(72)75-6/h18,24-25,29-30,47H,7-17,19-23,26-28,31-46,48H2,1-6H3,(H,61,74)(H,63,73)(H,62,64,65,70)/b24-18+. The molecule has 3 N–H and O–H groups in total. The number of nitrogens with one attached hydrogen (secondary N) is 3. The van der Waals surface area contributed by atoms with E-state index in [9.17, 15) is 24.0 Å². The van der Waals surface area contributed by atoms with Gasteiger partial charge in [0.25, 0.3) is 0 Å². The topological polar surface area (TPSA) is 212 Å². The number of methoxy groups -OCH3 is 1. The van der Waals surface area contributed by atoms with E-state index in [0.717, 1.165) is 148 Å². The fourth-order valence-corrected chi connectivity index (χ4v) is 9.45. The van der Waals surface area contributed by atoms with Crippen molar-refractivity contribution in [2.45, 2.75) is 188 Å². The molecule has 1 aliphatic rings. The number of imidazole rings is 1. The number of ether oxygens (including phenoxy) is 5. The third kappa shape index (κ3) is 28.6. The number of hydrogen-bond acceptors (Lipinski definition) is 15. The van der Waals surface area contributed by atoms with Crippen molar-refractivity contribution in [3.05, 3.63) is 58.0 Å². The summed E-state index contributed by atoms with van der Waals surface area (Å²) in [6, 6.07) is 7.61. The summed E-state index contributed by atoms with van der Waals surface area (Å²) in [6.07, 6.45) is 23.1. The van der Waals surface area contributed by atoms with Gasteiger partial charge in [-0.2, -0.15) is 9.97 Å². The van der Waals surface area contributed by atoms with Crippen LogP contribution in [0.4, 0.5) is 10.6 Å². The van der Waals surface area contributed by atoms with Gasteiger partial charge < -0.3 is 44.2 Å². The van der Waals surface area contributed by atoms with Crippen molar-refractivity contribution >= 4 is 40.9 Å². The molecule has 2 aromatic heterocycles. The minimum Gasteiger partial charge on any atom is -0.465 e.